The largest absolute Gasteiger partial charge is 0.382 e. The molecule has 0 atom stereocenters. The van der Waals surface area contributed by atoms with Crippen LogP contribution in [0.5, 0.6) is 0 Å². The number of fused-ring (bicyclic) bond motifs is 1. The summed E-state index contributed by atoms with van der Waals surface area (Å²) in [7, 11) is 1.68. The molecule has 0 saturated heterocycles. The number of nitrogens with zero attached hydrogens (tertiary/aromatic N) is 2. The molecule has 1 aromatic rings. The zero-order chi connectivity index (χ0) is 13.1. The fraction of sp³-hybridized carbons (Fsp3) is 0.714. The Morgan fingerprint density at radius 1 is 1.16 bits per heavy atom. The average molecular weight is 263 g/mol. The molecule has 0 amide bonds. The van der Waals surface area contributed by atoms with E-state index >= 15 is 0 Å². The maximum absolute atomic E-state index is 5.49. The summed E-state index contributed by atoms with van der Waals surface area (Å²) < 4.78 is 10.4. The van der Waals surface area contributed by atoms with Crippen LogP contribution in [0.25, 0.3) is 0 Å². The number of hydrogen-bond donors (Lipinski definition) is 1. The number of aromatic nitrogens is 2. The minimum absolute atomic E-state index is 0.637. The summed E-state index contributed by atoms with van der Waals surface area (Å²) in [5.74, 6) is 1.62. The molecule has 1 aromatic heterocycles. The van der Waals surface area contributed by atoms with E-state index in [4.69, 9.17) is 14.5 Å². The van der Waals surface area contributed by atoms with Gasteiger partial charge < -0.3 is 14.8 Å². The summed E-state index contributed by atoms with van der Waals surface area (Å²) in [5, 5.41) is 3.37. The van der Waals surface area contributed by atoms with Crippen molar-refractivity contribution in [3.63, 3.8) is 0 Å². The van der Waals surface area contributed by atoms with E-state index in [0.717, 1.165) is 25.3 Å². The van der Waals surface area contributed by atoms with Gasteiger partial charge in [0.2, 0.25) is 0 Å². The molecule has 2 heterocycles. The third kappa shape index (κ3) is 3.11. The molecule has 1 fully saturated rings. The highest BCUT2D eigenvalue weighted by atomic mass is 16.5. The maximum Gasteiger partial charge on any atom is 0.131 e. The molecular weight excluding hydrogens is 242 g/mol. The average Bonchev–Trinajstić information content (AvgIpc) is 3.16. The SMILES string of the molecule is COCCOCCc1nc2c(c(C3CC3)n1)CNC2. The van der Waals surface area contributed by atoms with Crippen molar-refractivity contribution in [2.45, 2.75) is 38.3 Å². The van der Waals surface area contributed by atoms with Crippen LogP contribution in [0.15, 0.2) is 0 Å². The molecule has 0 spiro atoms. The molecule has 5 nitrogen and oxygen atoms in total. The van der Waals surface area contributed by atoms with E-state index in [9.17, 15) is 0 Å². The van der Waals surface area contributed by atoms with Crippen LogP contribution >= 0.6 is 0 Å². The van der Waals surface area contributed by atoms with Crippen molar-refractivity contribution in [2.24, 2.45) is 0 Å². The van der Waals surface area contributed by atoms with Crippen LogP contribution in [0.2, 0.25) is 0 Å². The third-order valence-corrected chi connectivity index (χ3v) is 3.63. The lowest BCUT2D eigenvalue weighted by Gasteiger charge is -2.09. The highest BCUT2D eigenvalue weighted by molar-refractivity contribution is 5.33. The molecule has 1 aliphatic carbocycles. The lowest BCUT2D eigenvalue weighted by molar-refractivity contribution is 0.0716. The maximum atomic E-state index is 5.49. The molecule has 19 heavy (non-hydrogen) atoms. The summed E-state index contributed by atoms with van der Waals surface area (Å²) in [5.41, 5.74) is 3.84. The van der Waals surface area contributed by atoms with Crippen molar-refractivity contribution >= 4 is 0 Å². The molecule has 5 heteroatoms. The van der Waals surface area contributed by atoms with Crippen LogP contribution in [0, 0.1) is 0 Å². The first-order valence-corrected chi connectivity index (χ1v) is 7.04. The van der Waals surface area contributed by atoms with Gasteiger partial charge in [-0.15, -0.1) is 0 Å². The minimum atomic E-state index is 0.637. The Kier molecular flexibility index (Phi) is 4.06. The summed E-state index contributed by atoms with van der Waals surface area (Å²) in [6.45, 7) is 3.77. The van der Waals surface area contributed by atoms with E-state index in [1.807, 2.05) is 0 Å². The number of methoxy groups -OCH3 is 1. The fourth-order valence-corrected chi connectivity index (χ4v) is 2.46. The molecule has 104 valence electrons. The highest BCUT2D eigenvalue weighted by Gasteiger charge is 2.31. The molecule has 2 aliphatic rings. The second-order valence-electron chi connectivity index (χ2n) is 5.18. The second kappa shape index (κ2) is 5.94. The van der Waals surface area contributed by atoms with E-state index < -0.39 is 0 Å². The Balaban J connectivity index is 1.63. The van der Waals surface area contributed by atoms with Crippen molar-refractivity contribution in [2.75, 3.05) is 26.9 Å². The summed E-state index contributed by atoms with van der Waals surface area (Å²) in [4.78, 5) is 9.42. The van der Waals surface area contributed by atoms with Gasteiger partial charge >= 0.3 is 0 Å². The van der Waals surface area contributed by atoms with Gasteiger partial charge in [-0.2, -0.15) is 0 Å². The molecule has 0 radical (unpaired) electrons. The normalized spacial score (nSPS) is 17.7. The van der Waals surface area contributed by atoms with E-state index in [1.165, 1.54) is 29.8 Å². The third-order valence-electron chi connectivity index (χ3n) is 3.63. The Bertz CT molecular complexity index is 447. The molecule has 1 aliphatic heterocycles. The smallest absolute Gasteiger partial charge is 0.131 e. The van der Waals surface area contributed by atoms with Crippen LogP contribution in [0.4, 0.5) is 0 Å². The zero-order valence-electron chi connectivity index (χ0n) is 11.4. The standard InChI is InChI=1S/C14H21N3O2/c1-18-6-7-19-5-4-13-16-12-9-15-8-11(12)14(17-13)10-2-3-10/h10,15H,2-9H2,1H3. The first-order valence-electron chi connectivity index (χ1n) is 7.04. The Hall–Kier alpha value is -1.04. The van der Waals surface area contributed by atoms with E-state index in [2.05, 4.69) is 10.3 Å². The van der Waals surface area contributed by atoms with Crippen LogP contribution in [-0.4, -0.2) is 36.9 Å². The predicted octanol–water partition coefficient (Wildman–Crippen LogP) is 1.16. The molecule has 0 aromatic carbocycles. The molecule has 3 rings (SSSR count). The van der Waals surface area contributed by atoms with E-state index in [0.29, 0.717) is 25.7 Å². The number of rotatable bonds is 7. The summed E-state index contributed by atoms with van der Waals surface area (Å²) in [6, 6.07) is 0. The van der Waals surface area contributed by atoms with Gasteiger partial charge in [0.1, 0.15) is 5.82 Å². The number of ether oxygens (including phenoxy) is 2. The lowest BCUT2D eigenvalue weighted by Crippen LogP contribution is -2.10. The van der Waals surface area contributed by atoms with Crippen LogP contribution in [-0.2, 0) is 29.0 Å². The van der Waals surface area contributed by atoms with Crippen molar-refractivity contribution < 1.29 is 9.47 Å². The van der Waals surface area contributed by atoms with Gasteiger partial charge in [-0.05, 0) is 12.8 Å². The monoisotopic (exact) mass is 263 g/mol. The van der Waals surface area contributed by atoms with Crippen LogP contribution in [0.1, 0.15) is 41.5 Å². The van der Waals surface area contributed by atoms with Crippen molar-refractivity contribution in [3.8, 4) is 0 Å². The summed E-state index contributed by atoms with van der Waals surface area (Å²) >= 11 is 0. The Labute approximate surface area is 113 Å². The molecular formula is C14H21N3O2. The van der Waals surface area contributed by atoms with Crippen molar-refractivity contribution in [1.29, 1.82) is 0 Å². The van der Waals surface area contributed by atoms with Gasteiger partial charge in [0, 0.05) is 38.1 Å². The number of hydrogen-bond acceptors (Lipinski definition) is 5. The van der Waals surface area contributed by atoms with E-state index in [1.54, 1.807) is 7.11 Å². The van der Waals surface area contributed by atoms with Gasteiger partial charge in [-0.3, -0.25) is 0 Å². The first-order chi connectivity index (χ1) is 9.38. The molecule has 1 N–H and O–H groups in total. The van der Waals surface area contributed by atoms with Crippen molar-refractivity contribution in [1.82, 2.24) is 15.3 Å². The first kappa shape index (κ1) is 13.0. The highest BCUT2D eigenvalue weighted by Crippen LogP contribution is 2.41. The lowest BCUT2D eigenvalue weighted by atomic mass is 10.1. The van der Waals surface area contributed by atoms with Crippen LogP contribution < -0.4 is 5.32 Å². The number of nitrogens with one attached hydrogen (secondary N) is 1. The predicted molar refractivity (Wildman–Crippen MR) is 70.9 cm³/mol. The summed E-state index contributed by atoms with van der Waals surface area (Å²) in [6.07, 6.45) is 3.36. The molecule has 1 saturated carbocycles. The van der Waals surface area contributed by atoms with Crippen LogP contribution in [0.3, 0.4) is 0 Å². The fourth-order valence-electron chi connectivity index (χ4n) is 2.46. The van der Waals surface area contributed by atoms with Gasteiger partial charge in [0.25, 0.3) is 0 Å². The molecule has 0 bridgehead atoms. The molecule has 0 unspecified atom stereocenters. The van der Waals surface area contributed by atoms with Gasteiger partial charge in [0.05, 0.1) is 31.2 Å². The quantitative estimate of drug-likeness (QED) is 0.748. The minimum Gasteiger partial charge on any atom is -0.382 e. The topological polar surface area (TPSA) is 56.3 Å². The van der Waals surface area contributed by atoms with Gasteiger partial charge in [0.15, 0.2) is 0 Å². The van der Waals surface area contributed by atoms with Gasteiger partial charge in [-0.25, -0.2) is 9.97 Å². The second-order valence-corrected chi connectivity index (χ2v) is 5.18. The Morgan fingerprint density at radius 3 is 2.84 bits per heavy atom. The van der Waals surface area contributed by atoms with E-state index in [-0.39, 0.29) is 0 Å². The zero-order valence-corrected chi connectivity index (χ0v) is 11.4. The van der Waals surface area contributed by atoms with Gasteiger partial charge in [-0.1, -0.05) is 0 Å². The Morgan fingerprint density at radius 2 is 2.05 bits per heavy atom. The van der Waals surface area contributed by atoms with Crippen molar-refractivity contribution in [3.05, 3.63) is 22.8 Å².